The molecule has 0 radical (unpaired) electrons. The zero-order valence-electron chi connectivity index (χ0n) is 15.6. The number of benzene rings is 2. The van der Waals surface area contributed by atoms with E-state index in [1.807, 2.05) is 32.0 Å². The molecule has 150 valence electrons. The summed E-state index contributed by atoms with van der Waals surface area (Å²) in [6.07, 6.45) is 1.54. The van der Waals surface area contributed by atoms with Crippen LogP contribution in [0.2, 0.25) is 0 Å². The minimum absolute atomic E-state index is 0.0313. The van der Waals surface area contributed by atoms with Gasteiger partial charge < -0.3 is 10.1 Å². The fourth-order valence-corrected chi connectivity index (χ4v) is 4.45. The van der Waals surface area contributed by atoms with Crippen molar-refractivity contribution in [1.82, 2.24) is 5.32 Å². The highest BCUT2D eigenvalue weighted by molar-refractivity contribution is 14.1. The van der Waals surface area contributed by atoms with Crippen molar-refractivity contribution in [3.63, 3.8) is 0 Å². The van der Waals surface area contributed by atoms with E-state index in [1.165, 1.54) is 12.1 Å². The first-order valence-electron chi connectivity index (χ1n) is 8.49. The Labute approximate surface area is 195 Å². The second-order valence-corrected chi connectivity index (χ2v) is 8.65. The second kappa shape index (κ2) is 10.5. The molecule has 7 nitrogen and oxygen atoms in total. The molecule has 0 aliphatic carbocycles. The number of nitrogens with one attached hydrogen (secondary N) is 1. The molecule has 2 aromatic carbocycles. The van der Waals surface area contributed by atoms with Gasteiger partial charge in [-0.25, -0.2) is 0 Å². The van der Waals surface area contributed by atoms with Crippen LogP contribution in [0, 0.1) is 28.6 Å². The molecule has 0 spiro atoms. The second-order valence-electron chi connectivity index (χ2n) is 6.32. The predicted molar refractivity (Wildman–Crippen MR) is 126 cm³/mol. The van der Waals surface area contributed by atoms with E-state index in [9.17, 15) is 20.2 Å². The van der Waals surface area contributed by atoms with Crippen LogP contribution in [-0.4, -0.2) is 16.9 Å². The number of nitro benzene ring substituents is 1. The van der Waals surface area contributed by atoms with Crippen LogP contribution in [0.5, 0.6) is 5.75 Å². The first-order chi connectivity index (χ1) is 13.7. The van der Waals surface area contributed by atoms with E-state index in [0.717, 1.165) is 18.3 Å². The number of nitrogens with zero attached hydrogens (tertiary/aromatic N) is 2. The van der Waals surface area contributed by atoms with Gasteiger partial charge in [0, 0.05) is 18.2 Å². The number of carbonyl (C=O) groups excluding carboxylic acids is 1. The van der Waals surface area contributed by atoms with Gasteiger partial charge >= 0.3 is 0 Å². The topological polar surface area (TPSA) is 105 Å². The molecule has 0 saturated carbocycles. The number of halogens is 2. The standard InChI is InChI=1S/C20H17I2N3O4/c1-12(2)24-20(26)15(10-23)7-14-8-17(21)19(18(22)9-14)29-11-13-3-5-16(6-4-13)25(27)28/h3-9,12H,11H2,1-2H3,(H,24,26)/b15-7-. The summed E-state index contributed by atoms with van der Waals surface area (Å²) in [5.41, 5.74) is 1.59. The van der Waals surface area contributed by atoms with E-state index in [0.29, 0.717) is 5.75 Å². The quantitative estimate of drug-likeness (QED) is 0.158. The third-order valence-electron chi connectivity index (χ3n) is 3.65. The summed E-state index contributed by atoms with van der Waals surface area (Å²) in [5, 5.41) is 22.7. The third kappa shape index (κ3) is 6.67. The molecule has 29 heavy (non-hydrogen) atoms. The monoisotopic (exact) mass is 617 g/mol. The predicted octanol–water partition coefficient (Wildman–Crippen LogP) is 4.81. The number of hydrogen-bond donors (Lipinski definition) is 1. The van der Waals surface area contributed by atoms with E-state index in [1.54, 1.807) is 18.2 Å². The molecule has 0 fully saturated rings. The molecule has 0 heterocycles. The number of hydrogen-bond acceptors (Lipinski definition) is 5. The van der Waals surface area contributed by atoms with E-state index < -0.39 is 10.8 Å². The maximum atomic E-state index is 12.1. The molecule has 0 aromatic heterocycles. The molecule has 0 bridgehead atoms. The normalized spacial score (nSPS) is 11.1. The van der Waals surface area contributed by atoms with Crippen molar-refractivity contribution < 1.29 is 14.5 Å². The number of ether oxygens (including phenoxy) is 1. The Hall–Kier alpha value is -2.20. The lowest BCUT2D eigenvalue weighted by molar-refractivity contribution is -0.384. The van der Waals surface area contributed by atoms with Crippen LogP contribution >= 0.6 is 45.2 Å². The summed E-state index contributed by atoms with van der Waals surface area (Å²) in [6.45, 7) is 3.92. The average molecular weight is 617 g/mol. The van der Waals surface area contributed by atoms with E-state index in [-0.39, 0.29) is 23.9 Å². The molecule has 2 rings (SSSR count). The van der Waals surface area contributed by atoms with E-state index >= 15 is 0 Å². The van der Waals surface area contributed by atoms with Gasteiger partial charge in [-0.05, 0) is 100 Å². The number of nitriles is 1. The summed E-state index contributed by atoms with van der Waals surface area (Å²) in [7, 11) is 0. The summed E-state index contributed by atoms with van der Waals surface area (Å²) in [5.74, 6) is 0.262. The van der Waals surface area contributed by atoms with Crippen LogP contribution in [0.25, 0.3) is 6.08 Å². The van der Waals surface area contributed by atoms with Crippen LogP contribution in [0.15, 0.2) is 42.0 Å². The average Bonchev–Trinajstić information content (AvgIpc) is 2.65. The van der Waals surface area contributed by atoms with Crippen molar-refractivity contribution in [2.75, 3.05) is 0 Å². The molecular weight excluding hydrogens is 600 g/mol. The minimum atomic E-state index is -0.445. The van der Waals surface area contributed by atoms with Gasteiger partial charge in [-0.2, -0.15) is 5.26 Å². The van der Waals surface area contributed by atoms with Gasteiger partial charge in [0.25, 0.3) is 11.6 Å². The summed E-state index contributed by atoms with van der Waals surface area (Å²) in [6, 6.07) is 11.7. The molecule has 1 N–H and O–H groups in total. The number of nitro groups is 1. The molecule has 9 heteroatoms. The van der Waals surface area contributed by atoms with Gasteiger partial charge in [-0.3, -0.25) is 14.9 Å². The van der Waals surface area contributed by atoms with E-state index in [2.05, 4.69) is 50.5 Å². The van der Waals surface area contributed by atoms with Gasteiger partial charge in [0.05, 0.1) is 12.1 Å². The Morgan fingerprint density at radius 3 is 2.34 bits per heavy atom. The Bertz CT molecular complexity index is 973. The van der Waals surface area contributed by atoms with Crippen LogP contribution < -0.4 is 10.1 Å². The largest absolute Gasteiger partial charge is 0.487 e. The lowest BCUT2D eigenvalue weighted by Gasteiger charge is -2.12. The van der Waals surface area contributed by atoms with Crippen LogP contribution in [0.1, 0.15) is 25.0 Å². The van der Waals surface area contributed by atoms with Crippen molar-refractivity contribution in [1.29, 1.82) is 5.26 Å². The summed E-state index contributed by atoms with van der Waals surface area (Å²) < 4.78 is 7.54. The Morgan fingerprint density at radius 2 is 1.86 bits per heavy atom. The molecule has 0 aliphatic rings. The van der Waals surface area contributed by atoms with Crippen LogP contribution in [0.3, 0.4) is 0 Å². The first kappa shape index (κ1) is 23.1. The fraction of sp³-hybridized carbons (Fsp3) is 0.200. The van der Waals surface area contributed by atoms with Crippen molar-refractivity contribution in [3.05, 3.63) is 70.4 Å². The van der Waals surface area contributed by atoms with Gasteiger partial charge in [-0.15, -0.1) is 0 Å². The molecule has 1 amide bonds. The van der Waals surface area contributed by atoms with Gasteiger partial charge in [0.1, 0.15) is 24.0 Å². The first-order valence-corrected chi connectivity index (χ1v) is 10.6. The Kier molecular flexibility index (Phi) is 8.39. The van der Waals surface area contributed by atoms with Gasteiger partial charge in [-0.1, -0.05) is 0 Å². The molecule has 0 aliphatic heterocycles. The molecule has 0 atom stereocenters. The maximum Gasteiger partial charge on any atom is 0.269 e. The van der Waals surface area contributed by atoms with Crippen LogP contribution in [-0.2, 0) is 11.4 Å². The maximum absolute atomic E-state index is 12.1. The SMILES string of the molecule is CC(C)NC(=O)/C(C#N)=C\c1cc(I)c(OCc2ccc([N+](=O)[O-])cc2)c(I)c1. The van der Waals surface area contributed by atoms with Crippen molar-refractivity contribution in [2.24, 2.45) is 0 Å². The molecule has 2 aromatic rings. The van der Waals surface area contributed by atoms with Crippen molar-refractivity contribution >= 4 is 62.9 Å². The highest BCUT2D eigenvalue weighted by Gasteiger charge is 2.13. The highest BCUT2D eigenvalue weighted by atomic mass is 127. The zero-order valence-corrected chi connectivity index (χ0v) is 19.9. The molecular formula is C20H17I2N3O4. The third-order valence-corrected chi connectivity index (χ3v) is 5.25. The number of rotatable bonds is 7. The Balaban J connectivity index is 2.18. The van der Waals surface area contributed by atoms with Crippen molar-refractivity contribution in [3.8, 4) is 11.8 Å². The minimum Gasteiger partial charge on any atom is -0.487 e. The highest BCUT2D eigenvalue weighted by Crippen LogP contribution is 2.30. The number of non-ortho nitro benzene ring substituents is 1. The van der Waals surface area contributed by atoms with Crippen molar-refractivity contribution in [2.45, 2.75) is 26.5 Å². The lowest BCUT2D eigenvalue weighted by atomic mass is 10.1. The molecule has 0 saturated heterocycles. The lowest BCUT2D eigenvalue weighted by Crippen LogP contribution is -2.30. The fourth-order valence-electron chi connectivity index (χ4n) is 2.33. The van der Waals surface area contributed by atoms with E-state index in [4.69, 9.17) is 4.74 Å². The number of carbonyl (C=O) groups is 1. The zero-order chi connectivity index (χ0) is 21.6. The summed E-state index contributed by atoms with van der Waals surface area (Å²) >= 11 is 4.27. The Morgan fingerprint density at radius 1 is 1.28 bits per heavy atom. The van der Waals surface area contributed by atoms with Gasteiger partial charge in [0.2, 0.25) is 0 Å². The smallest absolute Gasteiger partial charge is 0.269 e. The molecule has 0 unspecified atom stereocenters. The van der Waals surface area contributed by atoms with Crippen LogP contribution in [0.4, 0.5) is 5.69 Å². The number of amides is 1. The summed E-state index contributed by atoms with van der Waals surface area (Å²) in [4.78, 5) is 22.4. The van der Waals surface area contributed by atoms with Gasteiger partial charge in [0.15, 0.2) is 0 Å².